The fourth-order valence-corrected chi connectivity index (χ4v) is 5.85. The second kappa shape index (κ2) is 12.7. The van der Waals surface area contributed by atoms with Gasteiger partial charge in [0, 0.05) is 73.7 Å². The van der Waals surface area contributed by atoms with Gasteiger partial charge in [0.2, 0.25) is 18.2 Å². The van der Waals surface area contributed by atoms with E-state index in [1.165, 1.54) is 21.4 Å². The summed E-state index contributed by atoms with van der Waals surface area (Å²) in [5.41, 5.74) is 10.1. The molecular formula is C30H39N13O4. The first-order chi connectivity index (χ1) is 22.6. The van der Waals surface area contributed by atoms with E-state index in [-0.39, 0.29) is 29.5 Å². The Morgan fingerprint density at radius 3 is 2.66 bits per heavy atom. The molecule has 3 aromatic heterocycles. The van der Waals surface area contributed by atoms with Crippen LogP contribution in [-0.2, 0) is 16.6 Å². The summed E-state index contributed by atoms with van der Waals surface area (Å²) in [5.74, 6) is -0.0584. The van der Waals surface area contributed by atoms with Gasteiger partial charge < -0.3 is 45.3 Å². The average Bonchev–Trinajstić information content (AvgIpc) is 3.81. The second-order valence-corrected chi connectivity index (χ2v) is 11.8. The highest BCUT2D eigenvalue weighted by Crippen LogP contribution is 2.35. The molecule has 17 nitrogen and oxygen atoms in total. The molecule has 0 bridgehead atoms. The summed E-state index contributed by atoms with van der Waals surface area (Å²) in [7, 11) is 8.24. The minimum atomic E-state index is -0.512. The van der Waals surface area contributed by atoms with Crippen molar-refractivity contribution in [2.45, 2.75) is 19.1 Å². The van der Waals surface area contributed by atoms with Crippen molar-refractivity contribution in [3.8, 4) is 0 Å². The molecule has 1 saturated heterocycles. The van der Waals surface area contributed by atoms with Crippen molar-refractivity contribution in [1.82, 2.24) is 34.0 Å². The quantitative estimate of drug-likeness (QED) is 0.211. The number of anilines is 6. The normalized spacial score (nSPS) is 15.9. The number of amides is 3. The Bertz CT molecular complexity index is 1830. The molecule has 6 rings (SSSR count). The van der Waals surface area contributed by atoms with E-state index in [4.69, 9.17) is 15.5 Å². The van der Waals surface area contributed by atoms with Crippen LogP contribution in [0, 0.1) is 0 Å². The molecule has 2 aliphatic rings. The van der Waals surface area contributed by atoms with Crippen LogP contribution in [0.5, 0.6) is 0 Å². The second-order valence-electron chi connectivity index (χ2n) is 11.8. The van der Waals surface area contributed by atoms with Gasteiger partial charge in [-0.05, 0) is 31.0 Å². The molecular weight excluding hydrogens is 606 g/mol. The lowest BCUT2D eigenvalue weighted by molar-refractivity contribution is -0.107. The molecule has 17 heteroatoms. The van der Waals surface area contributed by atoms with Crippen LogP contribution < -0.4 is 31.1 Å². The Kier molecular flexibility index (Phi) is 8.55. The number of fused-ring (bicyclic) bond motifs is 2. The zero-order chi connectivity index (χ0) is 33.4. The van der Waals surface area contributed by atoms with Crippen LogP contribution in [0.15, 0.2) is 24.5 Å². The molecule has 2 aliphatic heterocycles. The number of benzene rings is 1. The number of aromatic nitrogens is 6. The molecule has 4 aromatic rings. The summed E-state index contributed by atoms with van der Waals surface area (Å²) >= 11 is 0. The van der Waals surface area contributed by atoms with Crippen molar-refractivity contribution in [2.24, 2.45) is 7.05 Å². The van der Waals surface area contributed by atoms with Gasteiger partial charge in [-0.2, -0.15) is 9.97 Å². The van der Waals surface area contributed by atoms with Gasteiger partial charge in [0.05, 0.1) is 17.7 Å². The number of likely N-dealkylation sites (N-methyl/N-ethyl adjacent to an activating group) is 1. The molecule has 5 heterocycles. The van der Waals surface area contributed by atoms with E-state index >= 15 is 0 Å². The van der Waals surface area contributed by atoms with Gasteiger partial charge in [0.1, 0.15) is 11.7 Å². The topological polar surface area (TPSA) is 185 Å². The number of nitrogens with zero attached hydrogens (tertiary/aromatic N) is 10. The van der Waals surface area contributed by atoms with Crippen LogP contribution >= 0.6 is 0 Å². The van der Waals surface area contributed by atoms with Gasteiger partial charge in [-0.1, -0.05) is 0 Å². The largest absolute Gasteiger partial charge is 0.382 e. The Hall–Kier alpha value is -5.45. The first-order valence-electron chi connectivity index (χ1n) is 15.3. The Morgan fingerprint density at radius 2 is 1.94 bits per heavy atom. The zero-order valence-corrected chi connectivity index (χ0v) is 27.1. The maximum absolute atomic E-state index is 13.4. The fourth-order valence-electron chi connectivity index (χ4n) is 5.85. The molecule has 0 radical (unpaired) electrons. The third kappa shape index (κ3) is 5.96. The molecule has 1 aromatic carbocycles. The van der Waals surface area contributed by atoms with Crippen LogP contribution in [0.2, 0.25) is 0 Å². The van der Waals surface area contributed by atoms with Gasteiger partial charge in [0.15, 0.2) is 23.0 Å². The van der Waals surface area contributed by atoms with Gasteiger partial charge in [-0.3, -0.25) is 19.0 Å². The number of ether oxygens (including phenoxy) is 1. The third-order valence-electron chi connectivity index (χ3n) is 8.40. The standard InChI is InChI=1S/C30H39N13O4/c1-38(2)29(46)23-26(40(4)17-44)36-27(41(23)5)28(45)34-18-8-9-19-20(15-18)39(3)12-13-42(19)11-10-32-30-35-24(31)22-25(37-30)43(16-33-22)21-7-6-14-47-21/h8-9,15-17,21H,6-7,10-14H2,1-5H3,(H,34,45)(H3,31,32,35,37)/t21-/m1/s1. The van der Waals surface area contributed by atoms with Crippen molar-refractivity contribution >= 4 is 64.0 Å². The van der Waals surface area contributed by atoms with Crippen molar-refractivity contribution < 1.29 is 19.1 Å². The molecule has 0 spiro atoms. The highest BCUT2D eigenvalue weighted by atomic mass is 16.5. The summed E-state index contributed by atoms with van der Waals surface area (Å²) in [5, 5.41) is 6.21. The average molecular weight is 646 g/mol. The number of carbonyl (C=O) groups excluding carboxylic acids is 3. The van der Waals surface area contributed by atoms with Crippen molar-refractivity contribution in [3.05, 3.63) is 36.0 Å². The number of nitrogens with two attached hydrogens (primary N) is 1. The predicted octanol–water partition coefficient (Wildman–Crippen LogP) is 1.37. The Balaban J connectivity index is 1.16. The molecule has 0 unspecified atom stereocenters. The predicted molar refractivity (Wildman–Crippen MR) is 178 cm³/mol. The number of hydrogen-bond acceptors (Lipinski definition) is 12. The number of nitrogen functional groups attached to an aromatic ring is 1. The molecule has 0 aliphatic carbocycles. The van der Waals surface area contributed by atoms with Gasteiger partial charge in [0.25, 0.3) is 11.8 Å². The summed E-state index contributed by atoms with van der Waals surface area (Å²) in [6.45, 7) is 3.51. The SMILES string of the molecule is CN(C)C(=O)c1c(N(C)C=O)nc(C(=O)Nc2ccc3c(c2)N(C)CCN3CCNc2nc(N)c3ncn([C@H]4CCCO4)c3n2)n1C. The maximum atomic E-state index is 13.4. The van der Waals surface area contributed by atoms with Crippen LogP contribution in [0.1, 0.15) is 40.2 Å². The van der Waals surface area contributed by atoms with Crippen LogP contribution in [0.4, 0.5) is 34.6 Å². The highest BCUT2D eigenvalue weighted by molar-refractivity contribution is 6.06. The first kappa shape index (κ1) is 31.5. The summed E-state index contributed by atoms with van der Waals surface area (Å²) in [4.78, 5) is 62.5. The van der Waals surface area contributed by atoms with Crippen LogP contribution in [-0.4, -0.2) is 113 Å². The zero-order valence-electron chi connectivity index (χ0n) is 27.1. The molecule has 0 saturated carbocycles. The van der Waals surface area contributed by atoms with Crippen LogP contribution in [0.3, 0.4) is 0 Å². The van der Waals surface area contributed by atoms with E-state index in [0.717, 1.165) is 37.3 Å². The van der Waals surface area contributed by atoms with Crippen molar-refractivity contribution in [2.75, 3.05) is 92.0 Å². The molecule has 1 fully saturated rings. The maximum Gasteiger partial charge on any atom is 0.291 e. The van der Waals surface area contributed by atoms with Crippen molar-refractivity contribution in [1.29, 1.82) is 0 Å². The van der Waals surface area contributed by atoms with E-state index in [1.54, 1.807) is 27.5 Å². The number of rotatable bonds is 10. The molecule has 248 valence electrons. The monoisotopic (exact) mass is 645 g/mol. The first-order valence-corrected chi connectivity index (χ1v) is 15.3. The highest BCUT2D eigenvalue weighted by Gasteiger charge is 2.29. The lowest BCUT2D eigenvalue weighted by Crippen LogP contribution is -2.41. The smallest absolute Gasteiger partial charge is 0.291 e. The van der Waals surface area contributed by atoms with Crippen LogP contribution in [0.25, 0.3) is 11.2 Å². The van der Waals surface area contributed by atoms with E-state index < -0.39 is 5.91 Å². The van der Waals surface area contributed by atoms with E-state index in [0.29, 0.717) is 54.7 Å². The van der Waals surface area contributed by atoms with Crippen molar-refractivity contribution in [3.63, 3.8) is 0 Å². The molecule has 3 amide bonds. The Labute approximate surface area is 271 Å². The molecule has 47 heavy (non-hydrogen) atoms. The minimum absolute atomic E-state index is 0.00228. The van der Waals surface area contributed by atoms with Gasteiger partial charge >= 0.3 is 0 Å². The Morgan fingerprint density at radius 1 is 1.13 bits per heavy atom. The lowest BCUT2D eigenvalue weighted by Gasteiger charge is -2.37. The fraction of sp³-hybridized carbons (Fsp3) is 0.433. The number of hydrogen-bond donors (Lipinski definition) is 3. The molecule has 1 atom stereocenters. The van der Waals surface area contributed by atoms with Gasteiger partial charge in [-0.15, -0.1) is 0 Å². The third-order valence-corrected chi connectivity index (χ3v) is 8.40. The summed E-state index contributed by atoms with van der Waals surface area (Å²) < 4.78 is 9.13. The minimum Gasteiger partial charge on any atom is -0.382 e. The summed E-state index contributed by atoms with van der Waals surface area (Å²) in [6.07, 6.45) is 4.03. The van der Waals surface area contributed by atoms with E-state index in [9.17, 15) is 14.4 Å². The number of imidazole rings is 2. The number of carbonyl (C=O) groups is 3. The summed E-state index contributed by atoms with van der Waals surface area (Å²) in [6, 6.07) is 5.70. The number of nitrogens with one attached hydrogen (secondary N) is 2. The van der Waals surface area contributed by atoms with E-state index in [1.807, 2.05) is 29.8 Å². The van der Waals surface area contributed by atoms with Gasteiger partial charge in [-0.25, -0.2) is 9.97 Å². The lowest BCUT2D eigenvalue weighted by atomic mass is 10.1. The van der Waals surface area contributed by atoms with E-state index in [2.05, 4.69) is 35.4 Å². The molecule has 4 N–H and O–H groups in total.